The lowest BCUT2D eigenvalue weighted by Crippen LogP contribution is -2.12. The van der Waals surface area contributed by atoms with Crippen molar-refractivity contribution < 1.29 is 9.63 Å². The monoisotopic (exact) mass is 301 g/mol. The van der Waals surface area contributed by atoms with Crippen LogP contribution in [0, 0.1) is 0 Å². The Labute approximate surface area is 128 Å². The van der Waals surface area contributed by atoms with Crippen molar-refractivity contribution in [3.8, 4) is 0 Å². The minimum atomic E-state index is -0.292. The molecule has 2 heterocycles. The van der Waals surface area contributed by atoms with Gasteiger partial charge in [-0.05, 0) is 25.0 Å². The van der Waals surface area contributed by atoms with Gasteiger partial charge in [0.15, 0.2) is 0 Å². The molecular weight excluding hydrogens is 282 g/mol. The Morgan fingerprint density at radius 2 is 2.23 bits per heavy atom. The highest BCUT2D eigenvalue weighted by Crippen LogP contribution is 2.04. The minimum absolute atomic E-state index is 0.292. The van der Waals surface area contributed by atoms with Crippen LogP contribution in [0.25, 0.3) is 0 Å². The number of pyridine rings is 1. The van der Waals surface area contributed by atoms with Gasteiger partial charge in [-0.3, -0.25) is 9.78 Å². The van der Waals surface area contributed by atoms with E-state index in [-0.39, 0.29) is 5.91 Å². The largest absolute Gasteiger partial charge is 0.396 e. The van der Waals surface area contributed by atoms with Crippen LogP contribution in [0.4, 0.5) is 0 Å². The number of unbranched alkanes of at least 4 members (excludes halogenated alkanes) is 1. The first kappa shape index (κ1) is 15.7. The number of amides is 1. The maximum Gasteiger partial charge on any atom is 0.217 e. The number of carbonyl (C=O) groups is 1. The molecule has 1 amide bonds. The van der Waals surface area contributed by atoms with Gasteiger partial charge >= 0.3 is 0 Å². The number of oxime groups is 1. The lowest BCUT2D eigenvalue weighted by molar-refractivity contribution is -0.118. The van der Waals surface area contributed by atoms with Crippen molar-refractivity contribution in [2.75, 3.05) is 6.61 Å². The van der Waals surface area contributed by atoms with Gasteiger partial charge in [0.25, 0.3) is 0 Å². The molecule has 0 aliphatic carbocycles. The molecule has 2 aromatic rings. The predicted octanol–water partition coefficient (Wildman–Crippen LogP) is 1.35. The zero-order valence-corrected chi connectivity index (χ0v) is 12.3. The molecule has 0 aliphatic heterocycles. The van der Waals surface area contributed by atoms with E-state index in [9.17, 15) is 4.79 Å². The Bertz CT molecular complexity index is 596. The molecule has 7 nitrogen and oxygen atoms in total. The SMILES string of the molecule is NC(=O)CCCCO/N=C(\Cn1ccnc1)c1cccnc1. The third-order valence-electron chi connectivity index (χ3n) is 2.97. The molecule has 0 fully saturated rings. The summed E-state index contributed by atoms with van der Waals surface area (Å²) in [6, 6.07) is 3.78. The number of rotatable bonds is 9. The summed E-state index contributed by atoms with van der Waals surface area (Å²) in [7, 11) is 0. The van der Waals surface area contributed by atoms with Gasteiger partial charge in [-0.2, -0.15) is 0 Å². The summed E-state index contributed by atoms with van der Waals surface area (Å²) in [6.07, 6.45) is 10.6. The fourth-order valence-corrected chi connectivity index (χ4v) is 1.85. The highest BCUT2D eigenvalue weighted by molar-refractivity contribution is 5.99. The van der Waals surface area contributed by atoms with Crippen molar-refractivity contribution in [1.82, 2.24) is 14.5 Å². The Kier molecular flexibility index (Phi) is 6.10. The molecule has 22 heavy (non-hydrogen) atoms. The quantitative estimate of drug-likeness (QED) is 0.429. The van der Waals surface area contributed by atoms with Gasteiger partial charge in [-0.1, -0.05) is 5.16 Å². The van der Waals surface area contributed by atoms with Crippen LogP contribution in [0.5, 0.6) is 0 Å². The Hall–Kier alpha value is -2.70. The molecule has 2 N–H and O–H groups in total. The van der Waals surface area contributed by atoms with Crippen molar-refractivity contribution in [2.45, 2.75) is 25.8 Å². The summed E-state index contributed by atoms with van der Waals surface area (Å²) < 4.78 is 1.91. The molecule has 0 atom stereocenters. The topological polar surface area (TPSA) is 95.4 Å². The zero-order valence-electron chi connectivity index (χ0n) is 12.3. The Balaban J connectivity index is 1.92. The van der Waals surface area contributed by atoms with E-state index in [0.717, 1.165) is 17.7 Å². The molecule has 116 valence electrons. The van der Waals surface area contributed by atoms with Gasteiger partial charge in [-0.15, -0.1) is 0 Å². The van der Waals surface area contributed by atoms with Crippen LogP contribution in [0.3, 0.4) is 0 Å². The number of hydrogen-bond donors (Lipinski definition) is 1. The summed E-state index contributed by atoms with van der Waals surface area (Å²) in [5, 5.41) is 4.20. The molecular formula is C15H19N5O2. The van der Waals surface area contributed by atoms with E-state index in [1.54, 1.807) is 24.9 Å². The maximum absolute atomic E-state index is 10.6. The number of primary amides is 1. The standard InChI is InChI=1S/C15H19N5O2/c16-15(21)5-1-2-9-22-19-14(11-20-8-7-18-12-20)13-4-3-6-17-10-13/h3-4,6-8,10,12H,1-2,5,9,11H2,(H2,16,21)/b19-14+. The van der Waals surface area contributed by atoms with Crippen LogP contribution in [0.2, 0.25) is 0 Å². The van der Waals surface area contributed by atoms with E-state index in [0.29, 0.717) is 26.0 Å². The van der Waals surface area contributed by atoms with Gasteiger partial charge < -0.3 is 15.1 Å². The average Bonchev–Trinajstić information content (AvgIpc) is 3.03. The van der Waals surface area contributed by atoms with E-state index in [1.807, 2.05) is 22.9 Å². The molecule has 0 saturated carbocycles. The number of carbonyl (C=O) groups excluding carboxylic acids is 1. The van der Waals surface area contributed by atoms with Crippen molar-refractivity contribution in [3.05, 3.63) is 48.8 Å². The molecule has 0 aliphatic rings. The number of nitrogens with zero attached hydrogens (tertiary/aromatic N) is 4. The van der Waals surface area contributed by atoms with E-state index in [1.165, 1.54) is 0 Å². The number of hydrogen-bond acceptors (Lipinski definition) is 5. The summed E-state index contributed by atoms with van der Waals surface area (Å²) in [5.74, 6) is -0.292. The first-order valence-electron chi connectivity index (χ1n) is 7.09. The lowest BCUT2D eigenvalue weighted by Gasteiger charge is -2.07. The van der Waals surface area contributed by atoms with Crippen molar-refractivity contribution in [2.24, 2.45) is 10.9 Å². The van der Waals surface area contributed by atoms with Gasteiger partial charge in [-0.25, -0.2) is 4.98 Å². The van der Waals surface area contributed by atoms with Crippen molar-refractivity contribution in [3.63, 3.8) is 0 Å². The van der Waals surface area contributed by atoms with Gasteiger partial charge in [0, 0.05) is 36.8 Å². The lowest BCUT2D eigenvalue weighted by atomic mass is 10.2. The molecule has 2 aromatic heterocycles. The third-order valence-corrected chi connectivity index (χ3v) is 2.97. The van der Waals surface area contributed by atoms with E-state index >= 15 is 0 Å². The molecule has 0 spiro atoms. The highest BCUT2D eigenvalue weighted by atomic mass is 16.6. The summed E-state index contributed by atoms with van der Waals surface area (Å²) in [5.41, 5.74) is 6.75. The van der Waals surface area contributed by atoms with Crippen LogP contribution in [0.15, 0.2) is 48.4 Å². The van der Waals surface area contributed by atoms with Gasteiger partial charge in [0.05, 0.1) is 12.9 Å². The second-order valence-corrected chi connectivity index (χ2v) is 4.77. The minimum Gasteiger partial charge on any atom is -0.396 e. The number of nitrogens with two attached hydrogens (primary N) is 1. The highest BCUT2D eigenvalue weighted by Gasteiger charge is 2.06. The predicted molar refractivity (Wildman–Crippen MR) is 82.0 cm³/mol. The number of imidazole rings is 1. The van der Waals surface area contributed by atoms with Crippen LogP contribution >= 0.6 is 0 Å². The van der Waals surface area contributed by atoms with E-state index < -0.39 is 0 Å². The van der Waals surface area contributed by atoms with Crippen LogP contribution in [-0.4, -0.2) is 32.8 Å². The second kappa shape index (κ2) is 8.56. The van der Waals surface area contributed by atoms with Crippen molar-refractivity contribution >= 4 is 11.6 Å². The normalized spacial score (nSPS) is 11.4. The van der Waals surface area contributed by atoms with Crippen molar-refractivity contribution in [1.29, 1.82) is 0 Å². The third kappa shape index (κ3) is 5.35. The van der Waals surface area contributed by atoms with E-state index in [2.05, 4.69) is 15.1 Å². The van der Waals surface area contributed by atoms with E-state index in [4.69, 9.17) is 10.6 Å². The Morgan fingerprint density at radius 1 is 1.32 bits per heavy atom. The molecule has 2 rings (SSSR count). The average molecular weight is 301 g/mol. The summed E-state index contributed by atoms with van der Waals surface area (Å²) in [6.45, 7) is 0.994. The molecule has 0 saturated heterocycles. The molecule has 0 unspecified atom stereocenters. The fourth-order valence-electron chi connectivity index (χ4n) is 1.85. The fraction of sp³-hybridized carbons (Fsp3) is 0.333. The zero-order chi connectivity index (χ0) is 15.6. The summed E-state index contributed by atoms with van der Waals surface area (Å²) in [4.78, 5) is 24.1. The second-order valence-electron chi connectivity index (χ2n) is 4.77. The van der Waals surface area contributed by atoms with Crippen LogP contribution in [0.1, 0.15) is 24.8 Å². The number of aromatic nitrogens is 3. The smallest absolute Gasteiger partial charge is 0.217 e. The molecule has 0 bridgehead atoms. The first-order chi connectivity index (χ1) is 10.8. The Morgan fingerprint density at radius 3 is 2.91 bits per heavy atom. The summed E-state index contributed by atoms with van der Waals surface area (Å²) >= 11 is 0. The molecule has 0 radical (unpaired) electrons. The van der Waals surface area contributed by atoms with Crippen LogP contribution in [-0.2, 0) is 16.2 Å². The molecule has 0 aromatic carbocycles. The van der Waals surface area contributed by atoms with Gasteiger partial charge in [0.2, 0.25) is 5.91 Å². The van der Waals surface area contributed by atoms with Crippen LogP contribution < -0.4 is 5.73 Å². The van der Waals surface area contributed by atoms with Gasteiger partial charge in [0.1, 0.15) is 12.3 Å². The first-order valence-corrected chi connectivity index (χ1v) is 7.09. The molecule has 7 heteroatoms. The maximum atomic E-state index is 10.6.